The van der Waals surface area contributed by atoms with E-state index in [1.165, 1.54) is 19.4 Å². The van der Waals surface area contributed by atoms with Crippen LogP contribution in [0.25, 0.3) is 0 Å². The molecule has 0 saturated carbocycles. The lowest BCUT2D eigenvalue weighted by atomic mass is 10.1. The normalized spacial score (nSPS) is 11.3. The van der Waals surface area contributed by atoms with E-state index in [0.717, 1.165) is 12.1 Å². The van der Waals surface area contributed by atoms with Gasteiger partial charge in [0.25, 0.3) is 0 Å². The number of aryl methyl sites for hydroxylation is 1. The molecule has 0 fully saturated rings. The van der Waals surface area contributed by atoms with Gasteiger partial charge in [-0.05, 0) is 24.6 Å². The lowest BCUT2D eigenvalue weighted by molar-refractivity contribution is 0.569. The van der Waals surface area contributed by atoms with E-state index in [1.807, 2.05) is 0 Å². The molecule has 0 amide bonds. The summed E-state index contributed by atoms with van der Waals surface area (Å²) in [5.74, 6) is 4.31. The molecule has 1 aromatic heterocycles. The maximum atomic E-state index is 13.8. The van der Waals surface area contributed by atoms with Crippen LogP contribution in [-0.2, 0) is 6.54 Å². The van der Waals surface area contributed by atoms with Gasteiger partial charge in [-0.1, -0.05) is 5.22 Å². The number of nitrogens with two attached hydrogens (primary N) is 1. The minimum Gasteiger partial charge on any atom is -0.331 e. The van der Waals surface area contributed by atoms with Crippen LogP contribution < -0.4 is 5.84 Å². The summed E-state index contributed by atoms with van der Waals surface area (Å²) >= 11 is 0. The summed E-state index contributed by atoms with van der Waals surface area (Å²) < 4.78 is 28.5. The predicted octanol–water partition coefficient (Wildman–Crippen LogP) is 2.48. The van der Waals surface area contributed by atoms with Gasteiger partial charge in [0.2, 0.25) is 0 Å². The fourth-order valence-electron chi connectivity index (χ4n) is 1.65. The fourth-order valence-corrected chi connectivity index (χ4v) is 1.65. The number of nitrogens with zero attached hydrogens (tertiary/aromatic N) is 4. The molecule has 94 valence electrons. The topological polar surface area (TPSA) is 68.6 Å². The van der Waals surface area contributed by atoms with Crippen molar-refractivity contribution in [2.45, 2.75) is 13.5 Å². The standard InChI is InChI=1S/C11H11F2N5/c1-7-2-9(12)3-8(11(7)13)4-18-5-10(15-6-18)16-17-14/h2-3,5-6H,4H2,1H3,(H2,14,16). The minimum atomic E-state index is -0.467. The predicted molar refractivity (Wildman–Crippen MR) is 61.1 cm³/mol. The Labute approximate surface area is 102 Å². The highest BCUT2D eigenvalue weighted by Crippen LogP contribution is 2.17. The summed E-state index contributed by atoms with van der Waals surface area (Å²) in [5, 5.41) is 6.62. The average Bonchev–Trinajstić information content (AvgIpc) is 2.73. The second kappa shape index (κ2) is 4.91. The van der Waals surface area contributed by atoms with E-state index < -0.39 is 11.6 Å². The van der Waals surface area contributed by atoms with E-state index >= 15 is 0 Å². The van der Waals surface area contributed by atoms with Crippen LogP contribution in [0.4, 0.5) is 14.6 Å². The molecule has 0 aliphatic heterocycles. The highest BCUT2D eigenvalue weighted by molar-refractivity contribution is 5.27. The first-order valence-electron chi connectivity index (χ1n) is 5.17. The maximum Gasteiger partial charge on any atom is 0.193 e. The molecule has 0 aliphatic rings. The summed E-state index contributed by atoms with van der Waals surface area (Å²) in [7, 11) is 0. The number of hydrogen-bond donors (Lipinski definition) is 1. The Balaban J connectivity index is 2.28. The van der Waals surface area contributed by atoms with Crippen LogP contribution in [0.2, 0.25) is 0 Å². The van der Waals surface area contributed by atoms with Crippen LogP contribution in [0, 0.1) is 18.6 Å². The largest absolute Gasteiger partial charge is 0.331 e. The minimum absolute atomic E-state index is 0.164. The highest BCUT2D eigenvalue weighted by atomic mass is 19.1. The zero-order valence-electron chi connectivity index (χ0n) is 9.64. The Kier molecular flexibility index (Phi) is 3.31. The summed E-state index contributed by atoms with van der Waals surface area (Å²) in [4.78, 5) is 3.88. The third kappa shape index (κ3) is 2.50. The molecule has 1 heterocycles. The van der Waals surface area contributed by atoms with Crippen LogP contribution in [0.15, 0.2) is 35.0 Å². The molecule has 0 aliphatic carbocycles. The van der Waals surface area contributed by atoms with Gasteiger partial charge in [-0.15, -0.1) is 5.11 Å². The van der Waals surface area contributed by atoms with E-state index in [9.17, 15) is 8.78 Å². The molecule has 7 heteroatoms. The van der Waals surface area contributed by atoms with Gasteiger partial charge in [0.05, 0.1) is 19.1 Å². The van der Waals surface area contributed by atoms with E-state index in [-0.39, 0.29) is 17.7 Å². The van der Waals surface area contributed by atoms with Crippen molar-refractivity contribution in [1.29, 1.82) is 0 Å². The Morgan fingerprint density at radius 2 is 2.17 bits per heavy atom. The fraction of sp³-hybridized carbons (Fsp3) is 0.182. The number of hydrogen-bond acceptors (Lipinski definition) is 3. The molecule has 0 atom stereocenters. The van der Waals surface area contributed by atoms with Crippen molar-refractivity contribution in [3.05, 3.63) is 47.4 Å². The first-order chi connectivity index (χ1) is 8.60. The molecule has 18 heavy (non-hydrogen) atoms. The molecule has 2 N–H and O–H groups in total. The molecule has 2 aromatic rings. The van der Waals surface area contributed by atoms with Crippen LogP contribution in [0.5, 0.6) is 0 Å². The highest BCUT2D eigenvalue weighted by Gasteiger charge is 2.09. The third-order valence-electron chi connectivity index (χ3n) is 2.43. The van der Waals surface area contributed by atoms with Crippen LogP contribution in [0.3, 0.4) is 0 Å². The second-order valence-electron chi connectivity index (χ2n) is 3.82. The molecule has 2 rings (SSSR count). The van der Waals surface area contributed by atoms with Crippen molar-refractivity contribution < 1.29 is 8.78 Å². The van der Waals surface area contributed by atoms with Crippen LogP contribution >= 0.6 is 0 Å². The lowest BCUT2D eigenvalue weighted by Crippen LogP contribution is -2.02. The summed E-state index contributed by atoms with van der Waals surface area (Å²) in [6.45, 7) is 1.68. The Hall–Kier alpha value is -2.31. The van der Waals surface area contributed by atoms with Gasteiger partial charge in [-0.2, -0.15) is 0 Å². The first kappa shape index (κ1) is 12.2. The number of benzene rings is 1. The van der Waals surface area contributed by atoms with Crippen molar-refractivity contribution in [2.75, 3.05) is 0 Å². The van der Waals surface area contributed by atoms with E-state index in [1.54, 1.807) is 4.57 Å². The number of aromatic nitrogens is 2. The van der Waals surface area contributed by atoms with Gasteiger partial charge < -0.3 is 10.4 Å². The molecular formula is C11H11F2N5. The van der Waals surface area contributed by atoms with Gasteiger partial charge in [0, 0.05) is 5.56 Å². The zero-order chi connectivity index (χ0) is 13.1. The maximum absolute atomic E-state index is 13.8. The lowest BCUT2D eigenvalue weighted by Gasteiger charge is -2.06. The Morgan fingerprint density at radius 1 is 1.39 bits per heavy atom. The quantitative estimate of drug-likeness (QED) is 0.517. The zero-order valence-corrected chi connectivity index (χ0v) is 9.64. The van der Waals surface area contributed by atoms with Gasteiger partial charge in [-0.3, -0.25) is 0 Å². The van der Waals surface area contributed by atoms with Gasteiger partial charge in [-0.25, -0.2) is 13.8 Å². The van der Waals surface area contributed by atoms with E-state index in [2.05, 4.69) is 15.3 Å². The third-order valence-corrected chi connectivity index (χ3v) is 2.43. The van der Waals surface area contributed by atoms with Crippen molar-refractivity contribution in [3.8, 4) is 0 Å². The first-order valence-corrected chi connectivity index (χ1v) is 5.17. The van der Waals surface area contributed by atoms with E-state index in [4.69, 9.17) is 5.84 Å². The second-order valence-corrected chi connectivity index (χ2v) is 3.82. The van der Waals surface area contributed by atoms with Crippen molar-refractivity contribution in [1.82, 2.24) is 9.55 Å². The number of rotatable bonds is 3. The van der Waals surface area contributed by atoms with Gasteiger partial charge in [0.15, 0.2) is 5.82 Å². The molecular weight excluding hydrogens is 240 g/mol. The molecule has 0 bridgehead atoms. The van der Waals surface area contributed by atoms with Gasteiger partial charge in [0.1, 0.15) is 11.6 Å². The summed E-state index contributed by atoms with van der Waals surface area (Å²) in [6, 6.07) is 2.31. The Bertz CT molecular complexity index is 591. The molecule has 5 nitrogen and oxygen atoms in total. The van der Waals surface area contributed by atoms with E-state index in [0.29, 0.717) is 5.82 Å². The monoisotopic (exact) mass is 251 g/mol. The molecule has 0 radical (unpaired) electrons. The molecule has 0 unspecified atom stereocenters. The molecule has 1 aromatic carbocycles. The van der Waals surface area contributed by atoms with Crippen molar-refractivity contribution in [2.24, 2.45) is 16.2 Å². The number of imidazole rings is 1. The Morgan fingerprint density at radius 3 is 2.89 bits per heavy atom. The smallest absolute Gasteiger partial charge is 0.193 e. The average molecular weight is 251 g/mol. The molecule has 0 spiro atoms. The summed E-state index contributed by atoms with van der Waals surface area (Å²) in [5.41, 5.74) is 0.521. The SMILES string of the molecule is Cc1cc(F)cc(Cn2cnc(N=NN)c2)c1F. The van der Waals surface area contributed by atoms with Crippen LogP contribution in [0.1, 0.15) is 11.1 Å². The van der Waals surface area contributed by atoms with Crippen LogP contribution in [-0.4, -0.2) is 9.55 Å². The number of halogens is 2. The molecule has 0 saturated heterocycles. The summed E-state index contributed by atoms with van der Waals surface area (Å²) in [6.07, 6.45) is 2.99. The van der Waals surface area contributed by atoms with Gasteiger partial charge >= 0.3 is 0 Å². The van der Waals surface area contributed by atoms with Crippen molar-refractivity contribution >= 4 is 5.82 Å². The van der Waals surface area contributed by atoms with Crippen molar-refractivity contribution in [3.63, 3.8) is 0 Å².